The van der Waals surface area contributed by atoms with Crippen LogP contribution in [0.1, 0.15) is 21.5 Å². The Hall–Kier alpha value is -3.73. The highest BCUT2D eigenvalue weighted by Crippen LogP contribution is 2.28. The van der Waals surface area contributed by atoms with Gasteiger partial charge in [0.2, 0.25) is 0 Å². The molecular formula is C25H20FNO3. The number of carbonyl (C=O) groups is 1. The number of hydrogen-bond donors (Lipinski definition) is 0. The van der Waals surface area contributed by atoms with Crippen LogP contribution in [0.2, 0.25) is 0 Å². The van der Waals surface area contributed by atoms with Crippen molar-refractivity contribution < 1.29 is 13.6 Å². The molecule has 0 aliphatic carbocycles. The van der Waals surface area contributed by atoms with E-state index in [9.17, 15) is 14.0 Å². The standard InChI is InChI=1S/C25H20FNO3/c1-16-22(28)20-12-7-13-21(24(20)30-23(16)18-9-4-3-5-10-18)25(29)27(2)15-17-8-6-11-19(26)14-17/h3-14H,15H2,1-2H3. The first-order chi connectivity index (χ1) is 14.5. The highest BCUT2D eigenvalue weighted by atomic mass is 19.1. The van der Waals surface area contributed by atoms with Gasteiger partial charge >= 0.3 is 0 Å². The van der Waals surface area contributed by atoms with Crippen LogP contribution in [0, 0.1) is 12.7 Å². The molecular weight excluding hydrogens is 381 g/mol. The smallest absolute Gasteiger partial charge is 0.257 e. The molecule has 0 saturated carbocycles. The van der Waals surface area contributed by atoms with Gasteiger partial charge in [-0.05, 0) is 36.8 Å². The van der Waals surface area contributed by atoms with Gasteiger partial charge in [0, 0.05) is 24.7 Å². The molecule has 1 heterocycles. The van der Waals surface area contributed by atoms with E-state index >= 15 is 0 Å². The Morgan fingerprint density at radius 1 is 1.00 bits per heavy atom. The lowest BCUT2D eigenvalue weighted by atomic mass is 10.0. The molecule has 0 fully saturated rings. The number of amides is 1. The van der Waals surface area contributed by atoms with Gasteiger partial charge in [-0.15, -0.1) is 0 Å². The highest BCUT2D eigenvalue weighted by Gasteiger charge is 2.20. The van der Waals surface area contributed by atoms with Crippen LogP contribution in [0.25, 0.3) is 22.3 Å². The Labute approximate surface area is 173 Å². The third-order valence-corrected chi connectivity index (χ3v) is 5.07. The minimum absolute atomic E-state index is 0.169. The zero-order valence-electron chi connectivity index (χ0n) is 16.7. The molecule has 4 aromatic rings. The molecule has 3 aromatic carbocycles. The van der Waals surface area contributed by atoms with Crippen molar-refractivity contribution in [1.29, 1.82) is 0 Å². The van der Waals surface area contributed by atoms with Crippen LogP contribution < -0.4 is 5.43 Å². The summed E-state index contributed by atoms with van der Waals surface area (Å²) in [5, 5.41) is 0.359. The largest absolute Gasteiger partial charge is 0.455 e. The maximum Gasteiger partial charge on any atom is 0.257 e. The minimum atomic E-state index is -0.354. The van der Waals surface area contributed by atoms with E-state index in [4.69, 9.17) is 4.42 Å². The Bertz CT molecular complexity index is 1300. The Morgan fingerprint density at radius 3 is 2.47 bits per heavy atom. The van der Waals surface area contributed by atoms with E-state index in [0.717, 1.165) is 5.56 Å². The van der Waals surface area contributed by atoms with Crippen LogP contribution in [0.15, 0.2) is 82.0 Å². The highest BCUT2D eigenvalue weighted by molar-refractivity contribution is 6.05. The van der Waals surface area contributed by atoms with Crippen molar-refractivity contribution in [1.82, 2.24) is 4.90 Å². The summed E-state index contributed by atoms with van der Waals surface area (Å²) in [7, 11) is 1.64. The molecule has 0 radical (unpaired) electrons. The average molecular weight is 401 g/mol. The SMILES string of the molecule is Cc1c(-c2ccccc2)oc2c(C(=O)N(C)Cc3cccc(F)c3)cccc2c1=O. The molecule has 0 atom stereocenters. The molecule has 0 unspecified atom stereocenters. The summed E-state index contributed by atoms with van der Waals surface area (Å²) >= 11 is 0. The summed E-state index contributed by atoms with van der Waals surface area (Å²) in [5.41, 5.74) is 2.31. The number of para-hydroxylation sites is 1. The number of fused-ring (bicyclic) bond motifs is 1. The van der Waals surface area contributed by atoms with Gasteiger partial charge in [-0.3, -0.25) is 9.59 Å². The lowest BCUT2D eigenvalue weighted by molar-refractivity contribution is 0.0785. The number of hydrogen-bond acceptors (Lipinski definition) is 3. The fourth-order valence-electron chi connectivity index (χ4n) is 3.53. The first-order valence-corrected chi connectivity index (χ1v) is 9.57. The molecule has 0 aliphatic heterocycles. The monoisotopic (exact) mass is 401 g/mol. The van der Waals surface area contributed by atoms with E-state index < -0.39 is 0 Å². The van der Waals surface area contributed by atoms with E-state index in [1.807, 2.05) is 30.3 Å². The van der Waals surface area contributed by atoms with Gasteiger partial charge in [-0.2, -0.15) is 0 Å². The van der Waals surface area contributed by atoms with E-state index in [1.54, 1.807) is 44.3 Å². The van der Waals surface area contributed by atoms with Gasteiger partial charge in [0.05, 0.1) is 10.9 Å². The predicted molar refractivity (Wildman–Crippen MR) is 115 cm³/mol. The second-order valence-corrected chi connectivity index (χ2v) is 7.22. The maximum absolute atomic E-state index is 13.5. The Morgan fingerprint density at radius 2 is 1.73 bits per heavy atom. The van der Waals surface area contributed by atoms with Crippen molar-refractivity contribution in [3.05, 3.63) is 106 Å². The van der Waals surface area contributed by atoms with Crippen LogP contribution >= 0.6 is 0 Å². The van der Waals surface area contributed by atoms with Gasteiger partial charge in [0.25, 0.3) is 5.91 Å². The van der Waals surface area contributed by atoms with Gasteiger partial charge in [-0.25, -0.2) is 4.39 Å². The molecule has 150 valence electrons. The van der Waals surface area contributed by atoms with Crippen LogP contribution in [-0.2, 0) is 6.54 Å². The first kappa shape index (κ1) is 19.6. The number of rotatable bonds is 4. The van der Waals surface area contributed by atoms with Crippen molar-refractivity contribution in [2.75, 3.05) is 7.05 Å². The lowest BCUT2D eigenvalue weighted by Gasteiger charge is -2.18. The quantitative estimate of drug-likeness (QED) is 0.473. The summed E-state index contributed by atoms with van der Waals surface area (Å²) < 4.78 is 19.6. The fraction of sp³-hybridized carbons (Fsp3) is 0.120. The topological polar surface area (TPSA) is 50.5 Å². The second kappa shape index (κ2) is 7.95. The summed E-state index contributed by atoms with van der Waals surface area (Å²) in [6.45, 7) is 1.95. The molecule has 0 saturated heterocycles. The predicted octanol–water partition coefficient (Wildman–Crippen LogP) is 5.18. The van der Waals surface area contributed by atoms with Crippen LogP contribution in [0.3, 0.4) is 0 Å². The molecule has 0 bridgehead atoms. The van der Waals surface area contributed by atoms with Crippen molar-refractivity contribution in [3.8, 4) is 11.3 Å². The molecule has 4 nitrogen and oxygen atoms in total. The van der Waals surface area contributed by atoms with Crippen molar-refractivity contribution in [3.63, 3.8) is 0 Å². The van der Waals surface area contributed by atoms with E-state index in [0.29, 0.717) is 27.8 Å². The van der Waals surface area contributed by atoms with E-state index in [2.05, 4.69) is 0 Å². The molecule has 1 amide bonds. The molecule has 5 heteroatoms. The van der Waals surface area contributed by atoms with Crippen molar-refractivity contribution >= 4 is 16.9 Å². The minimum Gasteiger partial charge on any atom is -0.455 e. The summed E-state index contributed by atoms with van der Waals surface area (Å²) in [6, 6.07) is 20.4. The molecule has 0 aliphatic rings. The van der Waals surface area contributed by atoms with Gasteiger partial charge < -0.3 is 9.32 Å². The van der Waals surface area contributed by atoms with E-state index in [1.165, 1.54) is 17.0 Å². The summed E-state index contributed by atoms with van der Waals surface area (Å²) in [6.07, 6.45) is 0. The fourth-order valence-corrected chi connectivity index (χ4v) is 3.53. The summed E-state index contributed by atoms with van der Waals surface area (Å²) in [5.74, 6) is -0.218. The molecule has 0 N–H and O–H groups in total. The van der Waals surface area contributed by atoms with Gasteiger partial charge in [-0.1, -0.05) is 48.5 Å². The number of halogens is 1. The lowest BCUT2D eigenvalue weighted by Crippen LogP contribution is -2.26. The van der Waals surface area contributed by atoms with Crippen LogP contribution in [-0.4, -0.2) is 17.9 Å². The van der Waals surface area contributed by atoms with Crippen molar-refractivity contribution in [2.24, 2.45) is 0 Å². The second-order valence-electron chi connectivity index (χ2n) is 7.22. The van der Waals surface area contributed by atoms with Crippen LogP contribution in [0.5, 0.6) is 0 Å². The molecule has 4 rings (SSSR count). The zero-order chi connectivity index (χ0) is 21.3. The Kier molecular flexibility index (Phi) is 5.19. The Balaban J connectivity index is 1.80. The number of nitrogens with zero attached hydrogens (tertiary/aromatic N) is 1. The molecule has 0 spiro atoms. The number of carbonyl (C=O) groups excluding carboxylic acids is 1. The van der Waals surface area contributed by atoms with E-state index in [-0.39, 0.29) is 29.3 Å². The summed E-state index contributed by atoms with van der Waals surface area (Å²) in [4.78, 5) is 27.6. The van der Waals surface area contributed by atoms with Crippen LogP contribution in [0.4, 0.5) is 4.39 Å². The van der Waals surface area contributed by atoms with Gasteiger partial charge in [0.1, 0.15) is 11.6 Å². The molecule has 30 heavy (non-hydrogen) atoms. The normalized spacial score (nSPS) is 10.9. The number of benzene rings is 3. The van der Waals surface area contributed by atoms with Gasteiger partial charge in [0.15, 0.2) is 11.0 Å². The maximum atomic E-state index is 13.5. The third-order valence-electron chi connectivity index (χ3n) is 5.07. The average Bonchev–Trinajstić information content (AvgIpc) is 2.76. The third kappa shape index (κ3) is 3.62. The van der Waals surface area contributed by atoms with Crippen molar-refractivity contribution in [2.45, 2.75) is 13.5 Å². The molecule has 1 aromatic heterocycles. The first-order valence-electron chi connectivity index (χ1n) is 9.57. The zero-order valence-corrected chi connectivity index (χ0v) is 16.7.